The molecule has 0 spiro atoms. The van der Waals surface area contributed by atoms with E-state index in [2.05, 4.69) is 12.2 Å². The Hall–Kier alpha value is -0.890. The van der Waals surface area contributed by atoms with Crippen molar-refractivity contribution in [3.8, 4) is 0 Å². The Labute approximate surface area is 126 Å². The van der Waals surface area contributed by atoms with Gasteiger partial charge in [-0.2, -0.15) is 4.31 Å². The van der Waals surface area contributed by atoms with Gasteiger partial charge in [-0.15, -0.1) is 0 Å². The number of hydrogen-bond acceptors (Lipinski definition) is 5. The summed E-state index contributed by atoms with van der Waals surface area (Å²) in [6, 6.07) is 3.22. The molecule has 1 fully saturated rings. The Bertz CT molecular complexity index is 555. The lowest BCUT2D eigenvalue weighted by molar-refractivity contribution is 0.198. The van der Waals surface area contributed by atoms with Crippen molar-refractivity contribution in [3.05, 3.63) is 17.9 Å². The van der Waals surface area contributed by atoms with Gasteiger partial charge in [-0.3, -0.25) is 0 Å². The van der Waals surface area contributed by atoms with Gasteiger partial charge in [0.2, 0.25) is 5.09 Å². The van der Waals surface area contributed by atoms with E-state index >= 15 is 0 Å². The zero-order valence-electron chi connectivity index (χ0n) is 12.8. The van der Waals surface area contributed by atoms with Crippen molar-refractivity contribution in [2.24, 2.45) is 11.8 Å². The summed E-state index contributed by atoms with van der Waals surface area (Å²) < 4.78 is 36.5. The first kappa shape index (κ1) is 16.5. The summed E-state index contributed by atoms with van der Waals surface area (Å²) in [7, 11) is -0.272. The minimum Gasteiger partial charge on any atom is -0.447 e. The molecule has 7 heteroatoms. The van der Waals surface area contributed by atoms with Gasteiger partial charge in [0.15, 0.2) is 0 Å². The van der Waals surface area contributed by atoms with Gasteiger partial charge in [0.1, 0.15) is 5.76 Å². The molecule has 2 rings (SSSR count). The Morgan fingerprint density at radius 1 is 1.48 bits per heavy atom. The fraction of sp³-hybridized carbons (Fsp3) is 0.714. The van der Waals surface area contributed by atoms with Crippen LogP contribution in [0.15, 0.2) is 21.6 Å². The van der Waals surface area contributed by atoms with Crippen molar-refractivity contribution >= 4 is 10.0 Å². The monoisotopic (exact) mass is 316 g/mol. The second-order valence-electron chi connectivity index (χ2n) is 5.65. The van der Waals surface area contributed by atoms with Crippen molar-refractivity contribution in [2.45, 2.75) is 25.0 Å². The zero-order valence-corrected chi connectivity index (χ0v) is 13.6. The molecule has 1 heterocycles. The van der Waals surface area contributed by atoms with Crippen LogP contribution >= 0.6 is 0 Å². The minimum atomic E-state index is -3.52. The largest absolute Gasteiger partial charge is 0.447 e. The second kappa shape index (κ2) is 6.91. The molecule has 120 valence electrons. The summed E-state index contributed by atoms with van der Waals surface area (Å²) in [6.45, 7) is 4.49. The molecule has 2 unspecified atom stereocenters. The molecule has 0 bridgehead atoms. The van der Waals surface area contributed by atoms with Gasteiger partial charge >= 0.3 is 0 Å². The number of sulfonamides is 1. The summed E-state index contributed by atoms with van der Waals surface area (Å²) in [5.74, 6) is 1.72. The molecule has 0 radical (unpaired) electrons. The lowest BCUT2D eigenvalue weighted by Crippen LogP contribution is -2.29. The van der Waals surface area contributed by atoms with Crippen molar-refractivity contribution in [3.63, 3.8) is 0 Å². The predicted octanol–water partition coefficient (Wildman–Crippen LogP) is 1.29. The summed E-state index contributed by atoms with van der Waals surface area (Å²) in [4.78, 5) is 0. The lowest BCUT2D eigenvalue weighted by atomic mass is 10.3. The van der Waals surface area contributed by atoms with Crippen LogP contribution in [0.4, 0.5) is 0 Å². The molecule has 0 saturated heterocycles. The maximum atomic E-state index is 12.4. The van der Waals surface area contributed by atoms with Gasteiger partial charge in [0.25, 0.3) is 10.0 Å². The quantitative estimate of drug-likeness (QED) is 0.695. The van der Waals surface area contributed by atoms with E-state index in [9.17, 15) is 8.42 Å². The fourth-order valence-corrected chi connectivity index (χ4v) is 3.36. The normalized spacial score (nSPS) is 21.9. The molecular weight excluding hydrogens is 292 g/mol. The van der Waals surface area contributed by atoms with Crippen LogP contribution in [0.1, 0.15) is 19.1 Å². The molecule has 0 amide bonds. The molecule has 1 saturated carbocycles. The van der Waals surface area contributed by atoms with Crippen molar-refractivity contribution in [2.75, 3.05) is 33.9 Å². The molecule has 0 aliphatic heterocycles. The Morgan fingerprint density at radius 2 is 2.19 bits per heavy atom. The molecule has 1 N–H and O–H groups in total. The Balaban J connectivity index is 1.92. The van der Waals surface area contributed by atoms with E-state index in [-0.39, 0.29) is 5.09 Å². The summed E-state index contributed by atoms with van der Waals surface area (Å²) in [5, 5.41) is 3.13. The van der Waals surface area contributed by atoms with Crippen LogP contribution in [-0.2, 0) is 21.3 Å². The average molecular weight is 316 g/mol. The van der Waals surface area contributed by atoms with Crippen LogP contribution in [-0.4, -0.2) is 46.6 Å². The minimum absolute atomic E-state index is 0.0156. The van der Waals surface area contributed by atoms with Crippen LogP contribution in [0.5, 0.6) is 0 Å². The van der Waals surface area contributed by atoms with E-state index in [1.807, 2.05) is 0 Å². The number of furan rings is 1. The van der Waals surface area contributed by atoms with Crippen LogP contribution in [0.25, 0.3) is 0 Å². The van der Waals surface area contributed by atoms with Crippen LogP contribution in [0.3, 0.4) is 0 Å². The Kier molecular flexibility index (Phi) is 5.43. The first-order valence-electron chi connectivity index (χ1n) is 7.20. The highest BCUT2D eigenvalue weighted by Crippen LogP contribution is 2.38. The van der Waals surface area contributed by atoms with Crippen LogP contribution in [0, 0.1) is 11.8 Å². The average Bonchev–Trinajstić information content (AvgIpc) is 2.92. The standard InChI is InChI=1S/C14H24N2O4S/c1-11-8-12(11)10-16(2)21(17,18)14-5-4-13(20-14)9-15-6-7-19-3/h4-5,11-12,15H,6-10H2,1-3H3. The highest BCUT2D eigenvalue weighted by atomic mass is 32.2. The number of nitrogens with zero attached hydrogens (tertiary/aromatic N) is 1. The molecule has 1 aromatic rings. The third-order valence-electron chi connectivity index (χ3n) is 3.85. The van der Waals surface area contributed by atoms with Crippen LogP contribution < -0.4 is 5.32 Å². The molecular formula is C14H24N2O4S. The van der Waals surface area contributed by atoms with Crippen molar-refractivity contribution in [1.29, 1.82) is 0 Å². The lowest BCUT2D eigenvalue weighted by Gasteiger charge is -2.15. The van der Waals surface area contributed by atoms with Gasteiger partial charge in [-0.25, -0.2) is 8.42 Å². The highest BCUT2D eigenvalue weighted by molar-refractivity contribution is 7.89. The third kappa shape index (κ3) is 4.29. The van der Waals surface area contributed by atoms with Crippen LogP contribution in [0.2, 0.25) is 0 Å². The van der Waals surface area contributed by atoms with E-state index in [4.69, 9.17) is 9.15 Å². The summed E-state index contributed by atoms with van der Waals surface area (Å²) in [5.41, 5.74) is 0. The number of hydrogen-bond donors (Lipinski definition) is 1. The maximum absolute atomic E-state index is 12.4. The smallest absolute Gasteiger partial charge is 0.276 e. The number of ether oxygens (including phenoxy) is 1. The maximum Gasteiger partial charge on any atom is 0.276 e. The fourth-order valence-electron chi connectivity index (χ4n) is 2.21. The summed E-state index contributed by atoms with van der Waals surface area (Å²) in [6.07, 6.45) is 1.10. The number of methoxy groups -OCH3 is 1. The highest BCUT2D eigenvalue weighted by Gasteiger charge is 2.36. The topological polar surface area (TPSA) is 71.8 Å². The number of nitrogens with one attached hydrogen (secondary N) is 1. The third-order valence-corrected chi connectivity index (χ3v) is 5.55. The van der Waals surface area contributed by atoms with Crippen molar-refractivity contribution < 1.29 is 17.6 Å². The van der Waals surface area contributed by atoms with E-state index in [0.717, 1.165) is 6.42 Å². The first-order valence-corrected chi connectivity index (χ1v) is 8.64. The van der Waals surface area contributed by atoms with Crippen molar-refractivity contribution in [1.82, 2.24) is 9.62 Å². The van der Waals surface area contributed by atoms with E-state index in [1.165, 1.54) is 10.4 Å². The molecule has 6 nitrogen and oxygen atoms in total. The SMILES string of the molecule is COCCNCc1ccc(S(=O)(=O)N(C)CC2CC2C)o1. The molecule has 2 atom stereocenters. The van der Waals surface area contributed by atoms with Gasteiger partial charge < -0.3 is 14.5 Å². The van der Waals surface area contributed by atoms with Gasteiger partial charge in [0, 0.05) is 27.2 Å². The first-order chi connectivity index (χ1) is 9.95. The number of rotatable bonds is 9. The van der Waals surface area contributed by atoms with E-state index < -0.39 is 10.0 Å². The summed E-state index contributed by atoms with van der Waals surface area (Å²) >= 11 is 0. The van der Waals surface area contributed by atoms with Gasteiger partial charge in [-0.05, 0) is 30.4 Å². The van der Waals surface area contributed by atoms with Gasteiger partial charge in [-0.1, -0.05) is 6.92 Å². The van der Waals surface area contributed by atoms with Gasteiger partial charge in [0.05, 0.1) is 13.2 Å². The van der Waals surface area contributed by atoms with E-state index in [0.29, 0.717) is 43.8 Å². The molecule has 1 aliphatic carbocycles. The Morgan fingerprint density at radius 3 is 2.81 bits per heavy atom. The molecule has 21 heavy (non-hydrogen) atoms. The predicted molar refractivity (Wildman–Crippen MR) is 79.4 cm³/mol. The second-order valence-corrected chi connectivity index (χ2v) is 7.62. The molecule has 1 aliphatic rings. The zero-order chi connectivity index (χ0) is 15.5. The molecule has 0 aromatic carbocycles. The van der Waals surface area contributed by atoms with E-state index in [1.54, 1.807) is 20.2 Å². The molecule has 1 aromatic heterocycles.